The summed E-state index contributed by atoms with van der Waals surface area (Å²) in [5.74, 6) is 0. The van der Waals surface area contributed by atoms with Crippen molar-refractivity contribution in [1.29, 1.82) is 0 Å². The number of nitrogens with zero attached hydrogens (tertiary/aromatic N) is 1. The van der Waals surface area contributed by atoms with E-state index in [0.29, 0.717) is 5.25 Å². The highest BCUT2D eigenvalue weighted by Gasteiger charge is 2.15. The Bertz CT molecular complexity index is 412. The fourth-order valence-corrected chi connectivity index (χ4v) is 2.62. The topological polar surface area (TPSA) is 45.8 Å². The van der Waals surface area contributed by atoms with Crippen LogP contribution in [-0.2, 0) is 12.8 Å². The summed E-state index contributed by atoms with van der Waals surface area (Å²) in [5.41, 5.74) is 2.00. The Kier molecular flexibility index (Phi) is 3.14. The zero-order valence-electron chi connectivity index (χ0n) is 9.17. The van der Waals surface area contributed by atoms with E-state index < -0.39 is 0 Å². The van der Waals surface area contributed by atoms with Gasteiger partial charge in [0.1, 0.15) is 0 Å². The maximum atomic E-state index is 11.8. The van der Waals surface area contributed by atoms with Gasteiger partial charge in [0.25, 0.3) is 5.56 Å². The number of nitrogens with one attached hydrogen (secondary N) is 1. The number of hydrogen-bond acceptors (Lipinski definition) is 3. The predicted octanol–water partition coefficient (Wildman–Crippen LogP) is 2.15. The van der Waals surface area contributed by atoms with Crippen LogP contribution < -0.4 is 5.56 Å². The molecular weight excluding hydrogens is 208 g/mol. The molecule has 0 bridgehead atoms. The molecule has 0 radical (unpaired) electrons. The third kappa shape index (κ3) is 2.43. The van der Waals surface area contributed by atoms with Gasteiger partial charge in [0, 0.05) is 10.8 Å². The van der Waals surface area contributed by atoms with Crippen molar-refractivity contribution in [3.05, 3.63) is 21.6 Å². The van der Waals surface area contributed by atoms with Crippen LogP contribution in [0.2, 0.25) is 0 Å². The normalized spacial score (nSPS) is 15.4. The van der Waals surface area contributed by atoms with E-state index in [9.17, 15) is 4.79 Å². The lowest BCUT2D eigenvalue weighted by Crippen LogP contribution is -2.21. The van der Waals surface area contributed by atoms with E-state index in [2.05, 4.69) is 23.8 Å². The molecule has 15 heavy (non-hydrogen) atoms. The maximum Gasteiger partial charge on any atom is 0.254 e. The Morgan fingerprint density at radius 1 is 1.33 bits per heavy atom. The summed E-state index contributed by atoms with van der Waals surface area (Å²) in [4.78, 5) is 19.1. The van der Waals surface area contributed by atoms with E-state index in [1.807, 2.05) is 0 Å². The molecule has 0 saturated carbocycles. The summed E-state index contributed by atoms with van der Waals surface area (Å²) in [6.45, 7) is 4.20. The number of rotatable bonds is 2. The van der Waals surface area contributed by atoms with Crippen LogP contribution in [0.15, 0.2) is 9.95 Å². The number of aromatic amines is 1. The molecule has 0 saturated heterocycles. The standard InChI is InChI=1S/C11H16N2OS/c1-7(2)15-11-12-9-6-4-3-5-8(9)10(14)13-11/h7H,3-6H2,1-2H3,(H,12,13,14). The molecule has 0 aliphatic heterocycles. The van der Waals surface area contributed by atoms with Crippen molar-refractivity contribution in [2.75, 3.05) is 0 Å². The molecule has 0 amide bonds. The van der Waals surface area contributed by atoms with Crippen LogP contribution >= 0.6 is 11.8 Å². The molecule has 0 atom stereocenters. The highest BCUT2D eigenvalue weighted by Crippen LogP contribution is 2.21. The molecule has 0 aromatic carbocycles. The van der Waals surface area contributed by atoms with Crippen LogP contribution in [-0.4, -0.2) is 15.2 Å². The number of fused-ring (bicyclic) bond motifs is 1. The third-order valence-electron chi connectivity index (χ3n) is 2.52. The average Bonchev–Trinajstić information content (AvgIpc) is 2.16. The number of H-pyrrole nitrogens is 1. The Morgan fingerprint density at radius 2 is 2.07 bits per heavy atom. The second-order valence-electron chi connectivity index (χ2n) is 4.17. The lowest BCUT2D eigenvalue weighted by molar-refractivity contribution is 0.641. The lowest BCUT2D eigenvalue weighted by Gasteiger charge is -2.14. The molecule has 1 aromatic heterocycles. The van der Waals surface area contributed by atoms with Crippen molar-refractivity contribution in [2.45, 2.75) is 49.9 Å². The van der Waals surface area contributed by atoms with E-state index in [-0.39, 0.29) is 5.56 Å². The number of hydrogen-bond donors (Lipinski definition) is 1. The highest BCUT2D eigenvalue weighted by molar-refractivity contribution is 7.99. The zero-order chi connectivity index (χ0) is 10.8. The van der Waals surface area contributed by atoms with Crippen molar-refractivity contribution in [3.8, 4) is 0 Å². The summed E-state index contributed by atoms with van der Waals surface area (Å²) in [6, 6.07) is 0. The summed E-state index contributed by atoms with van der Waals surface area (Å²) >= 11 is 1.62. The van der Waals surface area contributed by atoms with Gasteiger partial charge in [0.2, 0.25) is 0 Å². The van der Waals surface area contributed by atoms with Gasteiger partial charge in [-0.2, -0.15) is 0 Å². The molecule has 82 valence electrons. The maximum absolute atomic E-state index is 11.8. The first-order chi connectivity index (χ1) is 7.16. The van der Waals surface area contributed by atoms with Gasteiger partial charge in [0.05, 0.1) is 5.69 Å². The van der Waals surface area contributed by atoms with Gasteiger partial charge in [-0.3, -0.25) is 4.79 Å². The van der Waals surface area contributed by atoms with Crippen LogP contribution in [0.1, 0.15) is 37.9 Å². The molecule has 1 aliphatic carbocycles. The van der Waals surface area contributed by atoms with Crippen LogP contribution in [0.3, 0.4) is 0 Å². The molecule has 0 unspecified atom stereocenters. The Hall–Kier alpha value is -0.770. The van der Waals surface area contributed by atoms with Crippen molar-refractivity contribution in [3.63, 3.8) is 0 Å². The highest BCUT2D eigenvalue weighted by atomic mass is 32.2. The van der Waals surface area contributed by atoms with E-state index in [4.69, 9.17) is 0 Å². The van der Waals surface area contributed by atoms with E-state index in [0.717, 1.165) is 42.1 Å². The molecule has 0 spiro atoms. The van der Waals surface area contributed by atoms with Crippen LogP contribution in [0.5, 0.6) is 0 Å². The SMILES string of the molecule is CC(C)Sc1nc2c(c(=O)[nH]1)CCCC2. The minimum Gasteiger partial charge on any atom is -0.301 e. The Balaban J connectivity index is 2.36. The third-order valence-corrected chi connectivity index (χ3v) is 3.41. The van der Waals surface area contributed by atoms with Crippen molar-refractivity contribution in [1.82, 2.24) is 9.97 Å². The largest absolute Gasteiger partial charge is 0.301 e. The van der Waals surface area contributed by atoms with Gasteiger partial charge in [-0.05, 0) is 25.7 Å². The molecule has 2 rings (SSSR count). The van der Waals surface area contributed by atoms with Gasteiger partial charge in [-0.15, -0.1) is 0 Å². The Labute approximate surface area is 93.7 Å². The van der Waals surface area contributed by atoms with Gasteiger partial charge in [0.15, 0.2) is 5.16 Å². The second-order valence-corrected chi connectivity index (χ2v) is 5.74. The molecule has 4 heteroatoms. The molecule has 0 fully saturated rings. The fraction of sp³-hybridized carbons (Fsp3) is 0.636. The minimum atomic E-state index is 0.0721. The quantitative estimate of drug-likeness (QED) is 0.618. The van der Waals surface area contributed by atoms with Gasteiger partial charge >= 0.3 is 0 Å². The molecular formula is C11H16N2OS. The zero-order valence-corrected chi connectivity index (χ0v) is 9.99. The van der Waals surface area contributed by atoms with E-state index >= 15 is 0 Å². The monoisotopic (exact) mass is 224 g/mol. The smallest absolute Gasteiger partial charge is 0.254 e. The van der Waals surface area contributed by atoms with Crippen molar-refractivity contribution in [2.24, 2.45) is 0 Å². The Morgan fingerprint density at radius 3 is 2.80 bits per heavy atom. The summed E-state index contributed by atoms with van der Waals surface area (Å²) in [7, 11) is 0. The number of aromatic nitrogens is 2. The molecule has 1 aromatic rings. The first-order valence-electron chi connectivity index (χ1n) is 5.45. The van der Waals surface area contributed by atoms with Gasteiger partial charge < -0.3 is 4.98 Å². The van der Waals surface area contributed by atoms with E-state index in [1.165, 1.54) is 0 Å². The second kappa shape index (κ2) is 4.39. The van der Waals surface area contributed by atoms with Crippen LogP contribution in [0.4, 0.5) is 0 Å². The predicted molar refractivity (Wildman–Crippen MR) is 62.5 cm³/mol. The van der Waals surface area contributed by atoms with Crippen molar-refractivity contribution < 1.29 is 0 Å². The first-order valence-corrected chi connectivity index (χ1v) is 6.33. The van der Waals surface area contributed by atoms with Gasteiger partial charge in [-0.1, -0.05) is 25.6 Å². The first kappa shape index (κ1) is 10.7. The fourth-order valence-electron chi connectivity index (χ4n) is 1.86. The molecule has 1 N–H and O–H groups in total. The number of aryl methyl sites for hydroxylation is 1. The number of thioether (sulfide) groups is 1. The molecule has 1 aliphatic rings. The van der Waals surface area contributed by atoms with E-state index in [1.54, 1.807) is 11.8 Å². The average molecular weight is 224 g/mol. The summed E-state index contributed by atoms with van der Waals surface area (Å²) in [6.07, 6.45) is 4.14. The minimum absolute atomic E-state index is 0.0721. The summed E-state index contributed by atoms with van der Waals surface area (Å²) in [5, 5.41) is 1.23. The van der Waals surface area contributed by atoms with Crippen LogP contribution in [0.25, 0.3) is 0 Å². The van der Waals surface area contributed by atoms with Gasteiger partial charge in [-0.25, -0.2) is 4.98 Å². The molecule has 3 nitrogen and oxygen atoms in total. The van der Waals surface area contributed by atoms with Crippen molar-refractivity contribution >= 4 is 11.8 Å². The molecule has 1 heterocycles. The summed E-state index contributed by atoms with van der Waals surface area (Å²) < 4.78 is 0. The van der Waals surface area contributed by atoms with Crippen LogP contribution in [0, 0.1) is 0 Å². The lowest BCUT2D eigenvalue weighted by atomic mass is 9.97.